The molecule has 1 fully saturated rings. The number of ether oxygens (including phenoxy) is 1. The van der Waals surface area contributed by atoms with E-state index in [0.717, 1.165) is 44.6 Å². The number of nitrogens with one attached hydrogen (secondary N) is 2. The Hall–Kier alpha value is -0.810. The molecule has 0 aromatic rings. The highest BCUT2D eigenvalue weighted by Crippen LogP contribution is 2.19. The summed E-state index contributed by atoms with van der Waals surface area (Å²) in [5.41, 5.74) is 0. The molecule has 0 radical (unpaired) electrons. The van der Waals surface area contributed by atoms with Gasteiger partial charge >= 0.3 is 0 Å². The van der Waals surface area contributed by atoms with E-state index in [-0.39, 0.29) is 0 Å². The molecule has 0 aromatic carbocycles. The van der Waals surface area contributed by atoms with Crippen LogP contribution in [0.2, 0.25) is 0 Å². The highest BCUT2D eigenvalue weighted by molar-refractivity contribution is 5.79. The van der Waals surface area contributed by atoms with Crippen LogP contribution in [-0.4, -0.2) is 63.8 Å². The number of hydrogen-bond acceptors (Lipinski definition) is 3. The predicted octanol–water partition coefficient (Wildman–Crippen LogP) is 1.70. The summed E-state index contributed by atoms with van der Waals surface area (Å²) >= 11 is 0. The molecule has 21 heavy (non-hydrogen) atoms. The van der Waals surface area contributed by atoms with E-state index in [1.54, 1.807) is 0 Å². The van der Waals surface area contributed by atoms with Crippen LogP contribution in [0.3, 0.4) is 0 Å². The topological polar surface area (TPSA) is 48.9 Å². The Morgan fingerprint density at radius 1 is 1.19 bits per heavy atom. The van der Waals surface area contributed by atoms with Gasteiger partial charge in [0.25, 0.3) is 0 Å². The summed E-state index contributed by atoms with van der Waals surface area (Å²) in [5.74, 6) is 1.79. The van der Waals surface area contributed by atoms with E-state index in [1.165, 1.54) is 38.9 Å². The second kappa shape index (κ2) is 11.8. The first-order valence-electron chi connectivity index (χ1n) is 8.54. The summed E-state index contributed by atoms with van der Waals surface area (Å²) in [5, 5.41) is 6.75. The fraction of sp³-hybridized carbons (Fsp3) is 0.938. The maximum absolute atomic E-state index is 5.32. The second-order valence-corrected chi connectivity index (χ2v) is 5.64. The molecule has 0 aromatic heterocycles. The van der Waals surface area contributed by atoms with Gasteiger partial charge in [-0.2, -0.15) is 0 Å². The van der Waals surface area contributed by atoms with Crippen LogP contribution in [0, 0.1) is 5.92 Å². The molecule has 5 nitrogen and oxygen atoms in total. The third-order valence-corrected chi connectivity index (χ3v) is 4.19. The van der Waals surface area contributed by atoms with E-state index in [0.29, 0.717) is 0 Å². The molecule has 1 heterocycles. The monoisotopic (exact) mass is 298 g/mol. The summed E-state index contributed by atoms with van der Waals surface area (Å²) in [7, 11) is 1.83. The lowest BCUT2D eigenvalue weighted by Gasteiger charge is -2.31. The Morgan fingerprint density at radius 2 is 1.90 bits per heavy atom. The van der Waals surface area contributed by atoms with Crippen molar-refractivity contribution in [2.75, 3.05) is 53.0 Å². The van der Waals surface area contributed by atoms with Gasteiger partial charge in [-0.15, -0.1) is 0 Å². The van der Waals surface area contributed by atoms with Crippen molar-refractivity contribution in [1.29, 1.82) is 0 Å². The lowest BCUT2D eigenvalue weighted by molar-refractivity contribution is 0.145. The van der Waals surface area contributed by atoms with Crippen LogP contribution >= 0.6 is 0 Å². The fourth-order valence-corrected chi connectivity index (χ4v) is 2.73. The molecular formula is C16H34N4O. The molecule has 1 rings (SSSR count). The van der Waals surface area contributed by atoms with Crippen LogP contribution < -0.4 is 10.6 Å². The van der Waals surface area contributed by atoms with Crippen LogP contribution in [0.1, 0.15) is 39.5 Å². The number of piperidine rings is 1. The van der Waals surface area contributed by atoms with Gasteiger partial charge in [0.15, 0.2) is 5.96 Å². The Morgan fingerprint density at radius 3 is 2.52 bits per heavy atom. The lowest BCUT2D eigenvalue weighted by Crippen LogP contribution is -2.40. The number of rotatable bonds is 9. The van der Waals surface area contributed by atoms with Gasteiger partial charge in [0.1, 0.15) is 0 Å². The molecule has 0 aliphatic carbocycles. The minimum absolute atomic E-state index is 0.795. The first-order chi connectivity index (χ1) is 10.3. The third kappa shape index (κ3) is 8.27. The average molecular weight is 298 g/mol. The van der Waals surface area contributed by atoms with Crippen molar-refractivity contribution in [1.82, 2.24) is 15.5 Å². The van der Waals surface area contributed by atoms with Gasteiger partial charge < -0.3 is 20.3 Å². The van der Waals surface area contributed by atoms with Crippen molar-refractivity contribution in [3.63, 3.8) is 0 Å². The van der Waals surface area contributed by atoms with E-state index >= 15 is 0 Å². The zero-order valence-electron chi connectivity index (χ0n) is 14.2. The van der Waals surface area contributed by atoms with E-state index in [4.69, 9.17) is 4.74 Å². The molecule has 1 aliphatic rings. The van der Waals surface area contributed by atoms with Gasteiger partial charge in [0, 0.05) is 33.4 Å². The Kier molecular flexibility index (Phi) is 10.3. The highest BCUT2D eigenvalue weighted by Gasteiger charge is 2.17. The molecule has 1 aliphatic heterocycles. The zero-order valence-corrected chi connectivity index (χ0v) is 14.2. The Labute approximate surface area is 130 Å². The van der Waals surface area contributed by atoms with Gasteiger partial charge in [-0.25, -0.2) is 0 Å². The molecule has 0 amide bonds. The molecule has 0 bridgehead atoms. The largest absolute Gasteiger partial charge is 0.382 e. The minimum atomic E-state index is 0.795. The third-order valence-electron chi connectivity index (χ3n) is 4.19. The summed E-state index contributed by atoms with van der Waals surface area (Å²) in [6, 6.07) is 0. The SMILES string of the molecule is CCOCCCNC(=NC)NCCC1CCN(CC)CC1. The summed E-state index contributed by atoms with van der Waals surface area (Å²) in [4.78, 5) is 6.80. The predicted molar refractivity (Wildman–Crippen MR) is 89.9 cm³/mol. The first kappa shape index (κ1) is 18.2. The molecule has 2 N–H and O–H groups in total. The van der Waals surface area contributed by atoms with Crippen molar-refractivity contribution in [2.45, 2.75) is 39.5 Å². The van der Waals surface area contributed by atoms with Crippen molar-refractivity contribution < 1.29 is 4.74 Å². The molecule has 124 valence electrons. The first-order valence-corrected chi connectivity index (χ1v) is 8.54. The smallest absolute Gasteiger partial charge is 0.190 e. The summed E-state index contributed by atoms with van der Waals surface area (Å²) in [6.07, 6.45) is 4.95. The molecule has 0 atom stereocenters. The van der Waals surface area contributed by atoms with Crippen molar-refractivity contribution in [3.8, 4) is 0 Å². The standard InChI is InChI=1S/C16H34N4O/c1-4-20-12-8-15(9-13-20)7-11-19-16(17-3)18-10-6-14-21-5-2/h15H,4-14H2,1-3H3,(H2,17,18,19). The van der Waals surface area contributed by atoms with Crippen LogP contribution in [-0.2, 0) is 4.74 Å². The molecule has 0 unspecified atom stereocenters. The van der Waals surface area contributed by atoms with E-state index < -0.39 is 0 Å². The van der Waals surface area contributed by atoms with E-state index in [9.17, 15) is 0 Å². The van der Waals surface area contributed by atoms with E-state index in [2.05, 4.69) is 27.4 Å². The summed E-state index contributed by atoms with van der Waals surface area (Å²) < 4.78 is 5.32. The average Bonchev–Trinajstić information content (AvgIpc) is 2.53. The van der Waals surface area contributed by atoms with Crippen molar-refractivity contribution in [3.05, 3.63) is 0 Å². The van der Waals surface area contributed by atoms with E-state index in [1.807, 2.05) is 14.0 Å². The lowest BCUT2D eigenvalue weighted by atomic mass is 9.93. The van der Waals surface area contributed by atoms with Gasteiger partial charge in [0.05, 0.1) is 0 Å². The van der Waals surface area contributed by atoms with Gasteiger partial charge in [-0.3, -0.25) is 4.99 Å². The Balaban J connectivity index is 2.04. The van der Waals surface area contributed by atoms with Gasteiger partial charge in [-0.1, -0.05) is 6.92 Å². The molecule has 0 spiro atoms. The molecular weight excluding hydrogens is 264 g/mol. The number of likely N-dealkylation sites (tertiary alicyclic amines) is 1. The zero-order chi connectivity index (χ0) is 15.3. The maximum atomic E-state index is 5.32. The fourth-order valence-electron chi connectivity index (χ4n) is 2.73. The Bertz CT molecular complexity index is 275. The quantitative estimate of drug-likeness (QED) is 0.386. The molecule has 1 saturated heterocycles. The highest BCUT2D eigenvalue weighted by atomic mass is 16.5. The maximum Gasteiger partial charge on any atom is 0.190 e. The minimum Gasteiger partial charge on any atom is -0.382 e. The van der Waals surface area contributed by atoms with Gasteiger partial charge in [0.2, 0.25) is 0 Å². The molecule has 0 saturated carbocycles. The normalized spacial score (nSPS) is 18.0. The number of guanidine groups is 1. The number of hydrogen-bond donors (Lipinski definition) is 2. The van der Waals surface area contributed by atoms with Crippen molar-refractivity contribution in [2.24, 2.45) is 10.9 Å². The van der Waals surface area contributed by atoms with Crippen LogP contribution in [0.4, 0.5) is 0 Å². The van der Waals surface area contributed by atoms with Crippen molar-refractivity contribution >= 4 is 5.96 Å². The van der Waals surface area contributed by atoms with Crippen LogP contribution in [0.15, 0.2) is 4.99 Å². The van der Waals surface area contributed by atoms with Crippen LogP contribution in [0.25, 0.3) is 0 Å². The number of aliphatic imine (C=N–C) groups is 1. The van der Waals surface area contributed by atoms with Crippen LogP contribution in [0.5, 0.6) is 0 Å². The van der Waals surface area contributed by atoms with Gasteiger partial charge in [-0.05, 0) is 58.2 Å². The molecule has 5 heteroatoms. The second-order valence-electron chi connectivity index (χ2n) is 5.64. The summed E-state index contributed by atoms with van der Waals surface area (Å²) in [6.45, 7) is 11.6. The number of nitrogens with zero attached hydrogens (tertiary/aromatic N) is 2.